The van der Waals surface area contributed by atoms with Gasteiger partial charge >= 0.3 is 0 Å². The summed E-state index contributed by atoms with van der Waals surface area (Å²) >= 11 is 0. The average molecular weight is 209 g/mol. The third-order valence-electron chi connectivity index (χ3n) is 1.98. The normalized spacial score (nSPS) is 22.5. The molecule has 0 bridgehead atoms. The first-order valence-electron chi connectivity index (χ1n) is 4.74. The van der Waals surface area contributed by atoms with Crippen LogP contribution < -0.4 is 0 Å². The minimum Gasteiger partial charge on any atom is -0.258 e. The van der Waals surface area contributed by atoms with Gasteiger partial charge in [0.05, 0.1) is 5.25 Å². The predicted molar refractivity (Wildman–Crippen MR) is 62.1 cm³/mol. The summed E-state index contributed by atoms with van der Waals surface area (Å²) in [6.45, 7) is 9.68. The molecule has 1 aliphatic carbocycles. The van der Waals surface area contributed by atoms with Crippen LogP contribution in [0.5, 0.6) is 0 Å². The summed E-state index contributed by atoms with van der Waals surface area (Å²) in [4.78, 5) is 0. The van der Waals surface area contributed by atoms with Crippen molar-refractivity contribution < 1.29 is 4.21 Å². The SMILES string of the molecule is C=CC[C]1[CH][CH][CH][C]1[S@](=O)C(C)(C)C. The van der Waals surface area contributed by atoms with Gasteiger partial charge in [-0.1, -0.05) is 6.08 Å². The molecule has 0 aromatic carbocycles. The van der Waals surface area contributed by atoms with E-state index in [0.29, 0.717) is 0 Å². The van der Waals surface area contributed by atoms with Crippen molar-refractivity contribution in [3.8, 4) is 0 Å². The van der Waals surface area contributed by atoms with E-state index in [1.807, 2.05) is 46.1 Å². The van der Waals surface area contributed by atoms with Gasteiger partial charge in [0, 0.05) is 21.5 Å². The van der Waals surface area contributed by atoms with E-state index in [4.69, 9.17) is 0 Å². The second-order valence-electron chi connectivity index (χ2n) is 4.29. The Balaban J connectivity index is 2.67. The molecule has 0 N–H and O–H groups in total. The first-order valence-corrected chi connectivity index (χ1v) is 5.89. The summed E-state index contributed by atoms with van der Waals surface area (Å²) in [6.07, 6.45) is 8.56. The van der Waals surface area contributed by atoms with E-state index in [1.165, 1.54) is 0 Å². The first kappa shape index (κ1) is 12.0. The first-order chi connectivity index (χ1) is 6.46. The molecule has 0 spiro atoms. The molecule has 0 heterocycles. The average Bonchev–Trinajstić information content (AvgIpc) is 2.50. The lowest BCUT2D eigenvalue weighted by molar-refractivity contribution is 0.650. The van der Waals surface area contributed by atoms with Gasteiger partial charge in [0.15, 0.2) is 0 Å². The van der Waals surface area contributed by atoms with Crippen molar-refractivity contribution in [2.24, 2.45) is 0 Å². The van der Waals surface area contributed by atoms with E-state index in [1.54, 1.807) is 0 Å². The number of allylic oxidation sites excluding steroid dienone is 1. The molecule has 0 aliphatic heterocycles. The van der Waals surface area contributed by atoms with Gasteiger partial charge in [-0.2, -0.15) is 0 Å². The van der Waals surface area contributed by atoms with Crippen molar-refractivity contribution in [3.63, 3.8) is 0 Å². The highest BCUT2D eigenvalue weighted by Gasteiger charge is 2.37. The molecule has 1 rings (SSSR count). The molecule has 1 saturated carbocycles. The van der Waals surface area contributed by atoms with Crippen molar-refractivity contribution in [3.05, 3.63) is 43.1 Å². The molecule has 0 aromatic heterocycles. The third-order valence-corrected chi connectivity index (χ3v) is 3.89. The molecule has 1 aliphatic rings. The Morgan fingerprint density at radius 1 is 1.43 bits per heavy atom. The third kappa shape index (κ3) is 2.69. The van der Waals surface area contributed by atoms with E-state index >= 15 is 0 Å². The van der Waals surface area contributed by atoms with E-state index in [9.17, 15) is 4.21 Å². The molecule has 77 valence electrons. The Kier molecular flexibility index (Phi) is 3.94. The van der Waals surface area contributed by atoms with Gasteiger partial charge in [0.2, 0.25) is 0 Å². The summed E-state index contributed by atoms with van der Waals surface area (Å²) in [6, 6.07) is 0. The van der Waals surface area contributed by atoms with Crippen LogP contribution >= 0.6 is 0 Å². The van der Waals surface area contributed by atoms with Crippen molar-refractivity contribution >= 4 is 10.8 Å². The number of hydrogen-bond acceptors (Lipinski definition) is 1. The standard InChI is InChI=1S/C12H17OS/c1-5-7-10-8-6-9-11(10)14(13)12(2,3)4/h5-6,8-9H,1,7H2,2-4H3/t14-/m0/s1. The van der Waals surface area contributed by atoms with Crippen LogP contribution in [0.4, 0.5) is 0 Å². The molecule has 0 saturated heterocycles. The van der Waals surface area contributed by atoms with E-state index in [-0.39, 0.29) is 4.75 Å². The van der Waals surface area contributed by atoms with Crippen molar-refractivity contribution in [2.45, 2.75) is 31.9 Å². The summed E-state index contributed by atoms with van der Waals surface area (Å²) in [7, 11) is -0.930. The zero-order valence-corrected chi connectivity index (χ0v) is 9.86. The second-order valence-corrected chi connectivity index (χ2v) is 6.49. The van der Waals surface area contributed by atoms with Gasteiger partial charge in [0.25, 0.3) is 0 Å². The lowest BCUT2D eigenvalue weighted by Crippen LogP contribution is -2.28. The van der Waals surface area contributed by atoms with Crippen LogP contribution in [0.2, 0.25) is 0 Å². The molecule has 14 heavy (non-hydrogen) atoms. The minimum absolute atomic E-state index is 0.190. The Morgan fingerprint density at radius 2 is 2.07 bits per heavy atom. The Bertz CT molecular complexity index is 227. The van der Waals surface area contributed by atoms with E-state index in [2.05, 4.69) is 6.58 Å². The van der Waals surface area contributed by atoms with E-state index < -0.39 is 10.8 Å². The maximum atomic E-state index is 12.1. The minimum atomic E-state index is -0.930. The summed E-state index contributed by atoms with van der Waals surface area (Å²) < 4.78 is 11.9. The molecule has 0 amide bonds. The van der Waals surface area contributed by atoms with Crippen LogP contribution in [-0.4, -0.2) is 8.96 Å². The fourth-order valence-corrected chi connectivity index (χ4v) is 2.53. The van der Waals surface area contributed by atoms with Crippen LogP contribution in [0.15, 0.2) is 12.7 Å². The Hall–Kier alpha value is -0.110. The fraction of sp³-hybridized carbons (Fsp3) is 0.417. The molecule has 5 radical (unpaired) electrons. The molecule has 1 fully saturated rings. The summed E-state index contributed by atoms with van der Waals surface area (Å²) in [5, 5.41) is 0.956. The quantitative estimate of drug-likeness (QED) is 0.653. The van der Waals surface area contributed by atoms with Crippen LogP contribution in [0.3, 0.4) is 0 Å². The lowest BCUT2D eigenvalue weighted by Gasteiger charge is -2.25. The molecule has 0 aromatic rings. The lowest BCUT2D eigenvalue weighted by atomic mass is 10.0. The zero-order chi connectivity index (χ0) is 10.8. The number of rotatable bonds is 3. The highest BCUT2D eigenvalue weighted by atomic mass is 32.2. The van der Waals surface area contributed by atoms with Crippen molar-refractivity contribution in [2.75, 3.05) is 0 Å². The van der Waals surface area contributed by atoms with Gasteiger partial charge in [-0.25, -0.2) is 0 Å². The maximum Gasteiger partial charge on any atom is 0.0746 e. The molecule has 2 heteroatoms. The highest BCUT2D eigenvalue weighted by molar-refractivity contribution is 7.89. The molecule has 0 unspecified atom stereocenters. The highest BCUT2D eigenvalue weighted by Crippen LogP contribution is 2.41. The van der Waals surface area contributed by atoms with Crippen LogP contribution in [0, 0.1) is 30.4 Å². The topological polar surface area (TPSA) is 17.1 Å². The van der Waals surface area contributed by atoms with E-state index in [0.717, 1.165) is 17.6 Å². The van der Waals surface area contributed by atoms with Crippen LogP contribution in [-0.2, 0) is 10.8 Å². The summed E-state index contributed by atoms with van der Waals surface area (Å²) in [5.74, 6) is 1.13. The molecular formula is C12H17OS. The van der Waals surface area contributed by atoms with Crippen molar-refractivity contribution in [1.82, 2.24) is 0 Å². The smallest absolute Gasteiger partial charge is 0.0746 e. The monoisotopic (exact) mass is 209 g/mol. The maximum absolute atomic E-state index is 12.1. The van der Waals surface area contributed by atoms with Crippen molar-refractivity contribution in [1.29, 1.82) is 0 Å². The van der Waals surface area contributed by atoms with Crippen LogP contribution in [0.25, 0.3) is 0 Å². The van der Waals surface area contributed by atoms with Gasteiger partial charge in [0.1, 0.15) is 0 Å². The number of hydrogen-bond donors (Lipinski definition) is 0. The fourth-order valence-electron chi connectivity index (χ4n) is 1.28. The zero-order valence-electron chi connectivity index (χ0n) is 9.04. The second kappa shape index (κ2) is 4.61. The van der Waals surface area contributed by atoms with Crippen LogP contribution in [0.1, 0.15) is 27.2 Å². The Labute approximate surface area is 90.4 Å². The summed E-state index contributed by atoms with van der Waals surface area (Å²) in [5.41, 5.74) is 0. The van der Waals surface area contributed by atoms with Gasteiger partial charge in [-0.05, 0) is 46.5 Å². The Morgan fingerprint density at radius 3 is 2.57 bits per heavy atom. The molecule has 1 nitrogen and oxygen atoms in total. The molecule has 1 atom stereocenters. The molecular weight excluding hydrogens is 192 g/mol. The predicted octanol–water partition coefficient (Wildman–Crippen LogP) is 2.84. The van der Waals surface area contributed by atoms with Gasteiger partial charge in [-0.15, -0.1) is 6.58 Å². The largest absolute Gasteiger partial charge is 0.258 e. The van der Waals surface area contributed by atoms with Gasteiger partial charge < -0.3 is 0 Å². The van der Waals surface area contributed by atoms with Gasteiger partial charge in [-0.3, -0.25) is 4.21 Å².